The summed E-state index contributed by atoms with van der Waals surface area (Å²) >= 11 is 0. The lowest BCUT2D eigenvalue weighted by molar-refractivity contribution is -0.118. The topological polar surface area (TPSA) is 91.0 Å². The Morgan fingerprint density at radius 3 is 2.49 bits per heavy atom. The fourth-order valence-corrected chi connectivity index (χ4v) is 6.86. The molecule has 1 fully saturated rings. The number of benzene rings is 3. The van der Waals surface area contributed by atoms with Crippen LogP contribution in [-0.4, -0.2) is 58.6 Å². The van der Waals surface area contributed by atoms with E-state index >= 15 is 0 Å². The highest BCUT2D eigenvalue weighted by Crippen LogP contribution is 2.34. The molecule has 5 rings (SSSR count). The van der Waals surface area contributed by atoms with Crippen LogP contribution in [0.4, 0.5) is 11.4 Å². The van der Waals surface area contributed by atoms with Gasteiger partial charge in [0.15, 0.2) is 6.61 Å². The van der Waals surface area contributed by atoms with Gasteiger partial charge < -0.3 is 19.9 Å². The number of hydrogen-bond acceptors (Lipinski definition) is 6. The van der Waals surface area contributed by atoms with Crippen LogP contribution in [-0.2, 0) is 21.2 Å². The maximum Gasteiger partial charge on any atom is 0.262 e. The number of para-hydroxylation sites is 1. The van der Waals surface area contributed by atoms with Crippen molar-refractivity contribution in [1.82, 2.24) is 9.62 Å². The number of nitrogens with zero attached hydrogens (tertiary/aromatic N) is 2. The molecule has 39 heavy (non-hydrogen) atoms. The van der Waals surface area contributed by atoms with Crippen molar-refractivity contribution in [2.75, 3.05) is 49.5 Å². The average Bonchev–Trinajstić information content (AvgIpc) is 2.97. The lowest BCUT2D eigenvalue weighted by atomic mass is 9.88. The molecule has 2 N–H and O–H groups in total. The first-order chi connectivity index (χ1) is 18.9. The first-order valence-electron chi connectivity index (χ1n) is 13.6. The molecule has 206 valence electrons. The van der Waals surface area contributed by atoms with E-state index in [2.05, 4.69) is 32.8 Å². The van der Waals surface area contributed by atoms with Crippen molar-refractivity contribution in [3.63, 3.8) is 0 Å². The van der Waals surface area contributed by atoms with Gasteiger partial charge in [-0.15, -0.1) is 0 Å². The molecule has 0 aromatic heterocycles. The van der Waals surface area contributed by atoms with Crippen LogP contribution >= 0.6 is 0 Å². The summed E-state index contributed by atoms with van der Waals surface area (Å²) in [6.07, 6.45) is 2.62. The van der Waals surface area contributed by atoms with Crippen LogP contribution < -0.4 is 19.7 Å². The number of ether oxygens (including phenoxy) is 1. The third kappa shape index (κ3) is 6.61. The highest BCUT2D eigenvalue weighted by Gasteiger charge is 2.30. The molecule has 3 aromatic carbocycles. The summed E-state index contributed by atoms with van der Waals surface area (Å²) in [5.74, 6) is 0.232. The second-order valence-electron chi connectivity index (χ2n) is 10.0. The number of carbonyl (C=O) groups is 1. The van der Waals surface area contributed by atoms with E-state index in [4.69, 9.17) is 4.74 Å². The normalized spacial score (nSPS) is 17.9. The molecular formula is C30H36N4O4S. The number of likely N-dealkylation sites (N-methyl/N-ethyl adjacent to an activating group) is 1. The first-order valence-corrected chi connectivity index (χ1v) is 15.1. The van der Waals surface area contributed by atoms with Crippen LogP contribution in [0.5, 0.6) is 5.75 Å². The van der Waals surface area contributed by atoms with Crippen LogP contribution in [0.25, 0.3) is 0 Å². The van der Waals surface area contributed by atoms with E-state index in [1.807, 2.05) is 36.4 Å². The van der Waals surface area contributed by atoms with E-state index in [1.54, 1.807) is 30.3 Å². The first kappa shape index (κ1) is 27.2. The predicted octanol–water partition coefficient (Wildman–Crippen LogP) is 4.20. The van der Waals surface area contributed by atoms with Gasteiger partial charge in [0.1, 0.15) is 10.6 Å². The number of aryl methyl sites for hydroxylation is 1. The molecule has 3 aromatic rings. The maximum absolute atomic E-state index is 14.0. The molecule has 2 aliphatic rings. The van der Waals surface area contributed by atoms with E-state index in [0.29, 0.717) is 17.1 Å². The minimum Gasteiger partial charge on any atom is -0.484 e. The lowest BCUT2D eigenvalue weighted by Crippen LogP contribution is -2.46. The Hall–Kier alpha value is -3.40. The maximum atomic E-state index is 14.0. The van der Waals surface area contributed by atoms with Gasteiger partial charge in [0, 0.05) is 37.9 Å². The molecule has 1 heterocycles. The number of fused-ring (bicyclic) bond motifs is 1. The van der Waals surface area contributed by atoms with Gasteiger partial charge >= 0.3 is 0 Å². The molecule has 0 spiro atoms. The molecular weight excluding hydrogens is 512 g/mol. The Morgan fingerprint density at radius 1 is 0.974 bits per heavy atom. The van der Waals surface area contributed by atoms with E-state index in [-0.39, 0.29) is 23.5 Å². The van der Waals surface area contributed by atoms with Crippen molar-refractivity contribution >= 4 is 27.3 Å². The molecule has 0 saturated carbocycles. The molecule has 9 heteroatoms. The summed E-state index contributed by atoms with van der Waals surface area (Å²) in [4.78, 5) is 17.3. The van der Waals surface area contributed by atoms with Gasteiger partial charge in [-0.3, -0.25) is 4.79 Å². The molecule has 8 nitrogen and oxygen atoms in total. The number of carbonyl (C=O) groups excluding carboxylic acids is 1. The molecule has 1 aliphatic carbocycles. The summed E-state index contributed by atoms with van der Waals surface area (Å²) < 4.78 is 36.5. The zero-order valence-electron chi connectivity index (χ0n) is 22.3. The number of hydrogen-bond donors (Lipinski definition) is 2. The zero-order chi connectivity index (χ0) is 27.2. The number of amides is 1. The Balaban J connectivity index is 1.39. The molecule has 0 radical (unpaired) electrons. The van der Waals surface area contributed by atoms with Crippen molar-refractivity contribution in [2.24, 2.45) is 0 Å². The summed E-state index contributed by atoms with van der Waals surface area (Å²) in [6.45, 7) is 6.14. The van der Waals surface area contributed by atoms with Crippen LogP contribution in [0.15, 0.2) is 77.7 Å². The van der Waals surface area contributed by atoms with Gasteiger partial charge in [-0.2, -0.15) is 0 Å². The SMILES string of the molecule is CCN1CCN(c2ccc(NC(=O)COc3ccccc3)cc2S(=O)(=O)N[C@@H]2CCCc3ccccc32)CC1. The van der Waals surface area contributed by atoms with Gasteiger partial charge in [-0.05, 0) is 67.3 Å². The molecule has 0 bridgehead atoms. The minimum atomic E-state index is -3.90. The van der Waals surface area contributed by atoms with Gasteiger partial charge in [0.2, 0.25) is 10.0 Å². The number of anilines is 2. The van der Waals surface area contributed by atoms with E-state index in [1.165, 1.54) is 5.56 Å². The summed E-state index contributed by atoms with van der Waals surface area (Å²) in [5, 5.41) is 2.81. The Morgan fingerprint density at radius 2 is 1.72 bits per heavy atom. The van der Waals surface area contributed by atoms with Crippen molar-refractivity contribution in [2.45, 2.75) is 37.1 Å². The number of piperazine rings is 1. The fourth-order valence-electron chi connectivity index (χ4n) is 5.36. The van der Waals surface area contributed by atoms with E-state index in [0.717, 1.165) is 57.5 Å². The van der Waals surface area contributed by atoms with Gasteiger partial charge in [-0.25, -0.2) is 13.1 Å². The third-order valence-corrected chi connectivity index (χ3v) is 8.97. The fraction of sp³-hybridized carbons (Fsp3) is 0.367. The van der Waals surface area contributed by atoms with Crippen LogP contribution in [0.3, 0.4) is 0 Å². The Bertz CT molecular complexity index is 1390. The number of nitrogens with one attached hydrogen (secondary N) is 2. The zero-order valence-corrected chi connectivity index (χ0v) is 23.1. The summed E-state index contributed by atoms with van der Waals surface area (Å²) in [6, 6.07) is 22.0. The van der Waals surface area contributed by atoms with E-state index in [9.17, 15) is 13.2 Å². The van der Waals surface area contributed by atoms with Crippen molar-refractivity contribution in [3.05, 3.63) is 83.9 Å². The van der Waals surface area contributed by atoms with Crippen LogP contribution in [0, 0.1) is 0 Å². The standard InChI is InChI=1S/C30H36N4O4S/c1-2-33-17-19-34(20-18-33)28-16-15-24(31-30(35)22-38-25-11-4-3-5-12-25)21-29(28)39(36,37)32-27-14-8-10-23-9-6-7-13-26(23)27/h3-7,9,11-13,15-16,21,27,32H,2,8,10,14,17-20,22H2,1H3,(H,31,35)/t27-/m1/s1. The molecule has 1 atom stereocenters. The van der Waals surface area contributed by atoms with Crippen molar-refractivity contribution in [1.29, 1.82) is 0 Å². The highest BCUT2D eigenvalue weighted by molar-refractivity contribution is 7.89. The second-order valence-corrected chi connectivity index (χ2v) is 11.7. The lowest BCUT2D eigenvalue weighted by Gasteiger charge is -2.36. The second kappa shape index (κ2) is 12.2. The Kier molecular flexibility index (Phi) is 8.50. The van der Waals surface area contributed by atoms with Gasteiger partial charge in [0.05, 0.1) is 5.69 Å². The van der Waals surface area contributed by atoms with Gasteiger partial charge in [-0.1, -0.05) is 49.4 Å². The largest absolute Gasteiger partial charge is 0.484 e. The van der Waals surface area contributed by atoms with Crippen molar-refractivity contribution in [3.8, 4) is 5.75 Å². The van der Waals surface area contributed by atoms with Crippen LogP contribution in [0.1, 0.15) is 36.9 Å². The average molecular weight is 549 g/mol. The quantitative estimate of drug-likeness (QED) is 0.417. The van der Waals surface area contributed by atoms with Gasteiger partial charge in [0.25, 0.3) is 5.91 Å². The third-order valence-electron chi connectivity index (χ3n) is 7.47. The smallest absolute Gasteiger partial charge is 0.262 e. The molecule has 1 saturated heterocycles. The Labute approximate surface area is 231 Å². The summed E-state index contributed by atoms with van der Waals surface area (Å²) in [5.41, 5.74) is 3.29. The molecule has 1 amide bonds. The number of rotatable bonds is 9. The molecule has 0 unspecified atom stereocenters. The monoisotopic (exact) mass is 548 g/mol. The predicted molar refractivity (Wildman–Crippen MR) is 154 cm³/mol. The van der Waals surface area contributed by atoms with E-state index < -0.39 is 10.0 Å². The highest BCUT2D eigenvalue weighted by atomic mass is 32.2. The van der Waals surface area contributed by atoms with Crippen LogP contribution in [0.2, 0.25) is 0 Å². The molecule has 1 aliphatic heterocycles. The minimum absolute atomic E-state index is 0.177. The summed E-state index contributed by atoms with van der Waals surface area (Å²) in [7, 11) is -3.90. The number of sulfonamides is 1. The van der Waals surface area contributed by atoms with Crippen molar-refractivity contribution < 1.29 is 17.9 Å².